The van der Waals surface area contributed by atoms with Gasteiger partial charge in [-0.2, -0.15) is 0 Å². The standard InChI is InChI=1S/C22H16N2O5S/c1-13-19(24-20(29-13)15-5-3-2-4-6-15)18(25)12-28-16-9-7-14(8-10-16)11-17-21(26)30-22(27)23-17/h2-11H,12H2,1H3,(H,23,27). The number of amides is 1. The average Bonchev–Trinajstić information content (AvgIpc) is 3.29. The molecule has 0 radical (unpaired) electrons. The highest BCUT2D eigenvalue weighted by Gasteiger charge is 2.25. The van der Waals surface area contributed by atoms with E-state index in [1.807, 2.05) is 30.3 Å². The zero-order chi connectivity index (χ0) is 21.1. The largest absolute Gasteiger partial charge is 0.485 e. The van der Waals surface area contributed by atoms with Gasteiger partial charge in [-0.25, -0.2) is 4.98 Å². The van der Waals surface area contributed by atoms with Gasteiger partial charge >= 0.3 is 0 Å². The lowest BCUT2D eigenvalue weighted by Crippen LogP contribution is -2.13. The lowest BCUT2D eigenvalue weighted by molar-refractivity contribution is -0.107. The molecule has 0 aliphatic carbocycles. The van der Waals surface area contributed by atoms with Gasteiger partial charge < -0.3 is 14.5 Å². The number of aryl methyl sites for hydroxylation is 1. The highest BCUT2D eigenvalue weighted by Crippen LogP contribution is 2.23. The molecule has 3 aromatic rings. The molecule has 1 N–H and O–H groups in total. The van der Waals surface area contributed by atoms with E-state index in [1.54, 1.807) is 37.3 Å². The fraction of sp³-hybridized carbons (Fsp3) is 0.0909. The monoisotopic (exact) mass is 420 g/mol. The maximum Gasteiger partial charge on any atom is 0.291 e. The lowest BCUT2D eigenvalue weighted by atomic mass is 10.2. The van der Waals surface area contributed by atoms with Crippen LogP contribution in [0.3, 0.4) is 0 Å². The van der Waals surface area contributed by atoms with Gasteiger partial charge in [0.05, 0.1) is 5.70 Å². The Hall–Kier alpha value is -3.65. The van der Waals surface area contributed by atoms with Crippen LogP contribution in [0, 0.1) is 6.92 Å². The second-order valence-electron chi connectivity index (χ2n) is 6.43. The minimum atomic E-state index is -0.386. The van der Waals surface area contributed by atoms with Crippen LogP contribution >= 0.6 is 11.8 Å². The van der Waals surface area contributed by atoms with Crippen LogP contribution in [0.25, 0.3) is 17.5 Å². The van der Waals surface area contributed by atoms with E-state index < -0.39 is 0 Å². The van der Waals surface area contributed by atoms with Crippen molar-refractivity contribution in [3.8, 4) is 17.2 Å². The topological polar surface area (TPSA) is 98.5 Å². The number of aromatic nitrogens is 1. The molecule has 4 rings (SSSR count). The third-order valence-electron chi connectivity index (χ3n) is 4.28. The van der Waals surface area contributed by atoms with E-state index in [1.165, 1.54) is 0 Å². The summed E-state index contributed by atoms with van der Waals surface area (Å²) in [5.74, 6) is 1.03. The summed E-state index contributed by atoms with van der Waals surface area (Å²) in [4.78, 5) is 39.6. The van der Waals surface area contributed by atoms with E-state index in [-0.39, 0.29) is 34.1 Å². The van der Waals surface area contributed by atoms with Crippen LogP contribution in [-0.2, 0) is 4.79 Å². The van der Waals surface area contributed by atoms with E-state index in [0.717, 1.165) is 11.1 Å². The van der Waals surface area contributed by atoms with Gasteiger partial charge in [-0.15, -0.1) is 0 Å². The molecule has 1 amide bonds. The number of rotatable bonds is 6. The predicted octanol–water partition coefficient (Wildman–Crippen LogP) is 4.24. The van der Waals surface area contributed by atoms with Crippen LogP contribution in [0.5, 0.6) is 5.75 Å². The quantitative estimate of drug-likeness (QED) is 0.470. The summed E-state index contributed by atoms with van der Waals surface area (Å²) in [5.41, 5.74) is 1.99. The summed E-state index contributed by atoms with van der Waals surface area (Å²) in [6.07, 6.45) is 1.58. The van der Waals surface area contributed by atoms with Crippen LogP contribution in [0.2, 0.25) is 0 Å². The lowest BCUT2D eigenvalue weighted by Gasteiger charge is -2.05. The van der Waals surface area contributed by atoms with E-state index in [0.29, 0.717) is 29.2 Å². The number of carbonyl (C=O) groups is 3. The number of hydrogen-bond acceptors (Lipinski definition) is 7. The summed E-state index contributed by atoms with van der Waals surface area (Å²) in [6.45, 7) is 1.50. The van der Waals surface area contributed by atoms with Gasteiger partial charge in [0.2, 0.25) is 16.8 Å². The summed E-state index contributed by atoms with van der Waals surface area (Å²) in [6, 6.07) is 16.2. The molecule has 7 nitrogen and oxygen atoms in total. The minimum Gasteiger partial charge on any atom is -0.485 e. The van der Waals surface area contributed by atoms with Crippen molar-refractivity contribution in [2.24, 2.45) is 0 Å². The fourth-order valence-electron chi connectivity index (χ4n) is 2.82. The number of carbonyl (C=O) groups excluding carboxylic acids is 3. The summed E-state index contributed by atoms with van der Waals surface area (Å²) in [5, 5.41) is 1.79. The van der Waals surface area contributed by atoms with Crippen molar-refractivity contribution in [3.63, 3.8) is 0 Å². The average molecular weight is 420 g/mol. The Morgan fingerprint density at radius 1 is 1.13 bits per heavy atom. The predicted molar refractivity (Wildman–Crippen MR) is 112 cm³/mol. The van der Waals surface area contributed by atoms with Crippen molar-refractivity contribution >= 4 is 34.0 Å². The highest BCUT2D eigenvalue weighted by atomic mass is 32.2. The highest BCUT2D eigenvalue weighted by molar-refractivity contribution is 8.27. The van der Waals surface area contributed by atoms with Crippen LogP contribution in [-0.4, -0.2) is 27.7 Å². The van der Waals surface area contributed by atoms with Crippen LogP contribution in [0.4, 0.5) is 4.79 Å². The Kier molecular flexibility index (Phi) is 5.49. The molecule has 8 heteroatoms. The van der Waals surface area contributed by atoms with Crippen molar-refractivity contribution in [1.82, 2.24) is 10.3 Å². The van der Waals surface area contributed by atoms with Crippen molar-refractivity contribution in [2.75, 3.05) is 6.61 Å². The first-order chi connectivity index (χ1) is 14.5. The summed E-state index contributed by atoms with van der Waals surface area (Å²) < 4.78 is 11.2. The first-order valence-corrected chi connectivity index (χ1v) is 9.85. The second-order valence-corrected chi connectivity index (χ2v) is 7.38. The molecule has 1 fully saturated rings. The third kappa shape index (κ3) is 4.33. The molecule has 30 heavy (non-hydrogen) atoms. The van der Waals surface area contributed by atoms with Crippen LogP contribution in [0.1, 0.15) is 21.8 Å². The van der Waals surface area contributed by atoms with Gasteiger partial charge in [-0.1, -0.05) is 30.3 Å². The van der Waals surface area contributed by atoms with Crippen LogP contribution < -0.4 is 10.1 Å². The van der Waals surface area contributed by atoms with Crippen LogP contribution in [0.15, 0.2) is 64.7 Å². The molecule has 1 aromatic heterocycles. The molecule has 150 valence electrons. The summed E-state index contributed by atoms with van der Waals surface area (Å²) in [7, 11) is 0. The number of ketones is 1. The smallest absolute Gasteiger partial charge is 0.291 e. The molecule has 0 bridgehead atoms. The van der Waals surface area contributed by atoms with E-state index in [9.17, 15) is 14.4 Å². The molecule has 0 spiro atoms. The number of thioether (sulfide) groups is 1. The van der Waals surface area contributed by atoms with Gasteiger partial charge in [0.1, 0.15) is 11.5 Å². The molecule has 1 saturated heterocycles. The zero-order valence-electron chi connectivity index (χ0n) is 15.9. The molecule has 1 aliphatic heterocycles. The molecule has 0 saturated carbocycles. The fourth-order valence-corrected chi connectivity index (χ4v) is 3.37. The number of oxazole rings is 1. The number of benzene rings is 2. The first kappa shape index (κ1) is 19.7. The Balaban J connectivity index is 1.40. The first-order valence-electron chi connectivity index (χ1n) is 9.03. The van der Waals surface area contributed by atoms with Crippen molar-refractivity contribution < 1.29 is 23.5 Å². The zero-order valence-corrected chi connectivity index (χ0v) is 16.7. The maximum atomic E-state index is 12.5. The van der Waals surface area contributed by atoms with Crippen molar-refractivity contribution in [2.45, 2.75) is 6.92 Å². The molecule has 0 unspecified atom stereocenters. The molecule has 2 heterocycles. The summed E-state index contributed by atoms with van der Waals surface area (Å²) >= 11 is 0.629. The Morgan fingerprint density at radius 2 is 1.87 bits per heavy atom. The number of ether oxygens (including phenoxy) is 1. The van der Waals surface area contributed by atoms with Gasteiger partial charge in [0, 0.05) is 17.3 Å². The Morgan fingerprint density at radius 3 is 2.53 bits per heavy atom. The molecule has 2 aromatic carbocycles. The van der Waals surface area contributed by atoms with Crippen molar-refractivity contribution in [1.29, 1.82) is 0 Å². The van der Waals surface area contributed by atoms with Gasteiger partial charge in [0.15, 0.2) is 12.3 Å². The van der Waals surface area contributed by atoms with E-state index in [2.05, 4.69) is 10.3 Å². The SMILES string of the molecule is Cc1oc(-c2ccccc2)nc1C(=O)COc1ccc(C=C2NC(=O)SC2=O)cc1. The molecular formula is C22H16N2O5S. The van der Waals surface area contributed by atoms with Gasteiger partial charge in [-0.05, 0) is 42.8 Å². The number of Topliss-reactive ketones (excluding diaryl/α,β-unsaturated/α-hetero) is 1. The van der Waals surface area contributed by atoms with E-state index >= 15 is 0 Å². The normalized spacial score (nSPS) is 14.8. The number of hydrogen-bond donors (Lipinski definition) is 1. The number of nitrogens with zero attached hydrogens (tertiary/aromatic N) is 1. The molecule has 0 atom stereocenters. The third-order valence-corrected chi connectivity index (χ3v) is 4.98. The molecular weight excluding hydrogens is 404 g/mol. The second kappa shape index (κ2) is 8.38. The van der Waals surface area contributed by atoms with E-state index in [4.69, 9.17) is 9.15 Å². The minimum absolute atomic E-state index is 0.187. The van der Waals surface area contributed by atoms with Gasteiger partial charge in [-0.3, -0.25) is 14.4 Å². The maximum absolute atomic E-state index is 12.5. The van der Waals surface area contributed by atoms with Crippen molar-refractivity contribution in [3.05, 3.63) is 77.3 Å². The Labute approximate surface area is 176 Å². The molecule has 1 aliphatic rings. The number of nitrogens with one attached hydrogen (secondary N) is 1. The van der Waals surface area contributed by atoms with Gasteiger partial charge in [0.25, 0.3) is 5.24 Å². The Bertz CT molecular complexity index is 1150.